The summed E-state index contributed by atoms with van der Waals surface area (Å²) in [6.45, 7) is 5.40. The van der Waals surface area contributed by atoms with Gasteiger partial charge in [-0.3, -0.25) is 14.5 Å². The van der Waals surface area contributed by atoms with Gasteiger partial charge in [0.15, 0.2) is 0 Å². The van der Waals surface area contributed by atoms with Gasteiger partial charge in [0.25, 0.3) is 0 Å². The zero-order valence-electron chi connectivity index (χ0n) is 15.7. The van der Waals surface area contributed by atoms with E-state index < -0.39 is 6.04 Å². The molecule has 2 amide bonds. The van der Waals surface area contributed by atoms with E-state index in [2.05, 4.69) is 25.1 Å². The topological polar surface area (TPSA) is 79.3 Å². The molecule has 1 aliphatic rings. The second-order valence-corrected chi connectivity index (χ2v) is 6.84. The monoisotopic (exact) mass is 369 g/mol. The molecule has 3 rings (SSSR count). The summed E-state index contributed by atoms with van der Waals surface area (Å²) in [6.07, 6.45) is 4.72. The fraction of sp³-hybridized carbons (Fsp3) is 0.450. The molecule has 0 aliphatic carbocycles. The first-order valence-electron chi connectivity index (χ1n) is 9.43. The van der Waals surface area contributed by atoms with Crippen LogP contribution in [-0.2, 0) is 22.7 Å². The van der Waals surface area contributed by atoms with E-state index in [1.807, 2.05) is 43.5 Å². The van der Waals surface area contributed by atoms with Gasteiger partial charge >= 0.3 is 0 Å². The van der Waals surface area contributed by atoms with E-state index in [0.717, 1.165) is 30.9 Å². The van der Waals surface area contributed by atoms with Crippen LogP contribution in [-0.4, -0.2) is 51.9 Å². The van der Waals surface area contributed by atoms with E-state index in [1.54, 1.807) is 6.20 Å². The summed E-state index contributed by atoms with van der Waals surface area (Å²) in [5.41, 5.74) is 1.15. The maximum atomic E-state index is 12.3. The molecule has 1 fully saturated rings. The molecule has 2 N–H and O–H groups in total. The number of benzene rings is 1. The molecular weight excluding hydrogens is 342 g/mol. The van der Waals surface area contributed by atoms with Crippen LogP contribution < -0.4 is 10.6 Å². The minimum Gasteiger partial charge on any atom is -0.356 e. The van der Waals surface area contributed by atoms with E-state index in [1.165, 1.54) is 0 Å². The van der Waals surface area contributed by atoms with Crippen LogP contribution in [0.3, 0.4) is 0 Å². The van der Waals surface area contributed by atoms with Gasteiger partial charge in [-0.15, -0.1) is 0 Å². The van der Waals surface area contributed by atoms with Crippen molar-refractivity contribution < 1.29 is 9.59 Å². The molecule has 27 heavy (non-hydrogen) atoms. The Balaban J connectivity index is 1.47. The maximum Gasteiger partial charge on any atom is 0.237 e. The lowest BCUT2D eigenvalue weighted by Crippen LogP contribution is -2.56. The van der Waals surface area contributed by atoms with Gasteiger partial charge in [0.2, 0.25) is 11.8 Å². The molecule has 2 aromatic rings. The number of nitrogens with one attached hydrogen (secondary N) is 2. The van der Waals surface area contributed by atoms with Gasteiger partial charge in [-0.1, -0.05) is 30.3 Å². The molecule has 144 valence electrons. The first-order chi connectivity index (χ1) is 13.1. The van der Waals surface area contributed by atoms with Crippen LogP contribution >= 0.6 is 0 Å². The number of aromatic nitrogens is 2. The van der Waals surface area contributed by atoms with Crippen LogP contribution in [0, 0.1) is 6.92 Å². The average molecular weight is 369 g/mol. The first kappa shape index (κ1) is 19.1. The number of piperazine rings is 1. The zero-order valence-corrected chi connectivity index (χ0v) is 15.7. The molecule has 7 heteroatoms. The Morgan fingerprint density at radius 3 is 2.89 bits per heavy atom. The number of amides is 2. The van der Waals surface area contributed by atoms with E-state index in [-0.39, 0.29) is 18.2 Å². The third-order valence-corrected chi connectivity index (χ3v) is 4.87. The third kappa shape index (κ3) is 5.40. The van der Waals surface area contributed by atoms with E-state index in [4.69, 9.17) is 0 Å². The maximum absolute atomic E-state index is 12.3. The predicted molar refractivity (Wildman–Crippen MR) is 103 cm³/mol. The minimum atomic E-state index is -0.421. The van der Waals surface area contributed by atoms with Crippen molar-refractivity contribution in [1.29, 1.82) is 0 Å². The second-order valence-electron chi connectivity index (χ2n) is 6.84. The highest BCUT2D eigenvalue weighted by molar-refractivity contribution is 5.88. The third-order valence-electron chi connectivity index (χ3n) is 4.87. The smallest absolute Gasteiger partial charge is 0.237 e. The van der Waals surface area contributed by atoms with Gasteiger partial charge in [-0.25, -0.2) is 4.98 Å². The lowest BCUT2D eigenvalue weighted by atomic mass is 10.1. The molecule has 1 saturated heterocycles. The van der Waals surface area contributed by atoms with Crippen LogP contribution in [0.4, 0.5) is 0 Å². The molecule has 0 spiro atoms. The van der Waals surface area contributed by atoms with Gasteiger partial charge in [0.1, 0.15) is 5.82 Å². The highest BCUT2D eigenvalue weighted by Gasteiger charge is 2.31. The molecular formula is C20H27N5O2. The summed E-state index contributed by atoms with van der Waals surface area (Å²) in [6, 6.07) is 9.62. The summed E-state index contributed by atoms with van der Waals surface area (Å²) < 4.78 is 2.06. The molecule has 7 nitrogen and oxygen atoms in total. The van der Waals surface area contributed by atoms with Crippen molar-refractivity contribution in [2.75, 3.05) is 19.6 Å². The van der Waals surface area contributed by atoms with Crippen molar-refractivity contribution in [3.8, 4) is 0 Å². The van der Waals surface area contributed by atoms with Crippen LogP contribution in [0.15, 0.2) is 42.7 Å². The molecule has 1 unspecified atom stereocenters. The van der Waals surface area contributed by atoms with E-state index in [0.29, 0.717) is 19.6 Å². The largest absolute Gasteiger partial charge is 0.356 e. The second kappa shape index (κ2) is 9.32. The lowest BCUT2D eigenvalue weighted by molar-refractivity contribution is -0.134. The van der Waals surface area contributed by atoms with E-state index in [9.17, 15) is 9.59 Å². The van der Waals surface area contributed by atoms with E-state index >= 15 is 0 Å². The van der Waals surface area contributed by atoms with Crippen molar-refractivity contribution in [3.63, 3.8) is 0 Å². The van der Waals surface area contributed by atoms with Crippen molar-refractivity contribution in [1.82, 2.24) is 25.1 Å². The Bertz CT molecular complexity index is 759. The van der Waals surface area contributed by atoms with Crippen molar-refractivity contribution in [2.45, 2.75) is 38.9 Å². The fourth-order valence-electron chi connectivity index (χ4n) is 3.36. The standard InChI is InChI=1S/C20H27N5O2/c1-16-21-9-12-24(16)11-5-8-22-19(26)14-18-20(27)23-10-13-25(18)15-17-6-3-2-4-7-17/h2-4,6-7,9,12,18H,5,8,10-11,13-15H2,1H3,(H,22,26)(H,23,27). The lowest BCUT2D eigenvalue weighted by Gasteiger charge is -2.34. The molecule has 1 atom stereocenters. The summed E-state index contributed by atoms with van der Waals surface area (Å²) in [7, 11) is 0. The summed E-state index contributed by atoms with van der Waals surface area (Å²) in [5.74, 6) is 0.815. The average Bonchev–Trinajstić information content (AvgIpc) is 3.07. The number of rotatable bonds is 8. The number of carbonyl (C=O) groups excluding carboxylic acids is 2. The molecule has 1 aliphatic heterocycles. The number of hydrogen-bond donors (Lipinski definition) is 2. The van der Waals surface area contributed by atoms with Crippen LogP contribution in [0.2, 0.25) is 0 Å². The van der Waals surface area contributed by atoms with Crippen molar-refractivity contribution in [3.05, 3.63) is 54.1 Å². The molecule has 0 radical (unpaired) electrons. The van der Waals surface area contributed by atoms with Gasteiger partial charge in [-0.05, 0) is 18.9 Å². The van der Waals surface area contributed by atoms with Gasteiger partial charge in [0, 0.05) is 45.1 Å². The Labute approximate surface area is 159 Å². The molecule has 0 saturated carbocycles. The van der Waals surface area contributed by atoms with Crippen LogP contribution in [0.25, 0.3) is 0 Å². The Morgan fingerprint density at radius 1 is 1.33 bits per heavy atom. The highest BCUT2D eigenvalue weighted by Crippen LogP contribution is 2.13. The Morgan fingerprint density at radius 2 is 2.15 bits per heavy atom. The Hall–Kier alpha value is -2.67. The summed E-state index contributed by atoms with van der Waals surface area (Å²) in [4.78, 5) is 30.9. The highest BCUT2D eigenvalue weighted by atomic mass is 16.2. The number of carbonyl (C=O) groups is 2. The SMILES string of the molecule is Cc1nccn1CCCNC(=O)CC1C(=O)NCCN1Cc1ccccc1. The van der Waals surface area contributed by atoms with Gasteiger partial charge in [0.05, 0.1) is 12.5 Å². The summed E-state index contributed by atoms with van der Waals surface area (Å²) >= 11 is 0. The Kier molecular flexibility index (Phi) is 6.59. The molecule has 0 bridgehead atoms. The minimum absolute atomic E-state index is 0.0682. The number of nitrogens with zero attached hydrogens (tertiary/aromatic N) is 3. The van der Waals surface area contributed by atoms with Crippen LogP contribution in [0.1, 0.15) is 24.2 Å². The number of aryl methyl sites for hydroxylation is 2. The molecule has 1 aromatic heterocycles. The van der Waals surface area contributed by atoms with Crippen molar-refractivity contribution in [2.24, 2.45) is 0 Å². The molecule has 1 aromatic carbocycles. The molecule has 2 heterocycles. The number of imidazole rings is 1. The van der Waals surface area contributed by atoms with Crippen LogP contribution in [0.5, 0.6) is 0 Å². The number of hydrogen-bond acceptors (Lipinski definition) is 4. The fourth-order valence-corrected chi connectivity index (χ4v) is 3.36. The van der Waals surface area contributed by atoms with Gasteiger partial charge < -0.3 is 15.2 Å². The van der Waals surface area contributed by atoms with Gasteiger partial charge in [-0.2, -0.15) is 0 Å². The quantitative estimate of drug-likeness (QED) is 0.683. The zero-order chi connectivity index (χ0) is 19.1. The summed E-state index contributed by atoms with van der Waals surface area (Å²) in [5, 5.41) is 5.81. The normalized spacial score (nSPS) is 17.5. The van der Waals surface area contributed by atoms with Crippen molar-refractivity contribution >= 4 is 11.8 Å². The predicted octanol–water partition coefficient (Wildman–Crippen LogP) is 1.09. The first-order valence-corrected chi connectivity index (χ1v) is 9.43.